The molecule has 1 aliphatic heterocycles. The van der Waals surface area contributed by atoms with E-state index in [0.29, 0.717) is 12.5 Å². The van der Waals surface area contributed by atoms with Crippen LogP contribution in [0.1, 0.15) is 23.8 Å². The Morgan fingerprint density at radius 1 is 1.47 bits per heavy atom. The first kappa shape index (κ1) is 12.3. The van der Waals surface area contributed by atoms with Crippen LogP contribution in [0.5, 0.6) is 0 Å². The molecule has 3 rings (SSSR count). The van der Waals surface area contributed by atoms with Crippen LogP contribution in [0.3, 0.4) is 0 Å². The lowest BCUT2D eigenvalue weighted by Crippen LogP contribution is -2.40. The van der Waals surface area contributed by atoms with Crippen LogP contribution in [0.2, 0.25) is 0 Å². The van der Waals surface area contributed by atoms with Gasteiger partial charge in [-0.25, -0.2) is 4.98 Å². The number of carbonyl (C=O) groups is 1. The van der Waals surface area contributed by atoms with E-state index in [-0.39, 0.29) is 5.91 Å². The molecule has 0 spiro atoms. The molecule has 0 aliphatic carbocycles. The van der Waals surface area contributed by atoms with Gasteiger partial charge in [0.15, 0.2) is 0 Å². The van der Waals surface area contributed by atoms with E-state index in [1.165, 1.54) is 0 Å². The van der Waals surface area contributed by atoms with Crippen molar-refractivity contribution in [1.29, 1.82) is 0 Å². The van der Waals surface area contributed by atoms with Crippen LogP contribution in [0, 0.1) is 0 Å². The molecule has 1 amide bonds. The fourth-order valence-electron chi connectivity index (χ4n) is 2.47. The van der Waals surface area contributed by atoms with Gasteiger partial charge in [-0.2, -0.15) is 5.10 Å². The predicted octanol–water partition coefficient (Wildman–Crippen LogP) is 1.75. The van der Waals surface area contributed by atoms with E-state index in [1.54, 1.807) is 22.2 Å². The second-order valence-electron chi connectivity index (χ2n) is 4.75. The second-order valence-corrected chi connectivity index (χ2v) is 5.68. The summed E-state index contributed by atoms with van der Waals surface area (Å²) in [6.45, 7) is 1.97. The number of thiazole rings is 1. The fraction of sp³-hybridized carbons (Fsp3) is 0.462. The number of amides is 1. The molecule has 0 saturated carbocycles. The van der Waals surface area contributed by atoms with E-state index < -0.39 is 0 Å². The van der Waals surface area contributed by atoms with Crippen molar-refractivity contribution in [3.63, 3.8) is 0 Å². The van der Waals surface area contributed by atoms with E-state index in [2.05, 4.69) is 10.1 Å². The average molecular weight is 276 g/mol. The Morgan fingerprint density at radius 2 is 2.42 bits per heavy atom. The van der Waals surface area contributed by atoms with Gasteiger partial charge < -0.3 is 4.90 Å². The van der Waals surface area contributed by atoms with Gasteiger partial charge in [0.05, 0.1) is 5.01 Å². The monoisotopic (exact) mass is 276 g/mol. The van der Waals surface area contributed by atoms with Gasteiger partial charge in [0.1, 0.15) is 6.54 Å². The number of aromatic nitrogens is 3. The van der Waals surface area contributed by atoms with Gasteiger partial charge in [-0.3, -0.25) is 9.48 Å². The summed E-state index contributed by atoms with van der Waals surface area (Å²) in [5.74, 6) is 0.542. The number of hydrogen-bond acceptors (Lipinski definition) is 4. The number of carbonyl (C=O) groups excluding carboxylic acids is 1. The topological polar surface area (TPSA) is 51.0 Å². The first-order valence-corrected chi connectivity index (χ1v) is 7.35. The fourth-order valence-corrected chi connectivity index (χ4v) is 3.24. The molecule has 2 aromatic heterocycles. The lowest BCUT2D eigenvalue weighted by molar-refractivity contribution is -0.133. The first-order valence-electron chi connectivity index (χ1n) is 6.47. The van der Waals surface area contributed by atoms with Gasteiger partial charge in [0, 0.05) is 43.0 Å². The number of rotatable bonds is 3. The molecule has 0 N–H and O–H groups in total. The van der Waals surface area contributed by atoms with Crippen molar-refractivity contribution in [2.75, 3.05) is 13.1 Å². The minimum atomic E-state index is 0.143. The zero-order valence-corrected chi connectivity index (χ0v) is 11.4. The van der Waals surface area contributed by atoms with Crippen molar-refractivity contribution >= 4 is 17.2 Å². The highest BCUT2D eigenvalue weighted by Gasteiger charge is 2.26. The Kier molecular flexibility index (Phi) is 3.59. The van der Waals surface area contributed by atoms with E-state index >= 15 is 0 Å². The summed E-state index contributed by atoms with van der Waals surface area (Å²) in [5, 5.41) is 7.23. The third-order valence-electron chi connectivity index (χ3n) is 3.43. The molecule has 1 unspecified atom stereocenters. The maximum absolute atomic E-state index is 12.2. The van der Waals surface area contributed by atoms with Crippen molar-refractivity contribution in [3.05, 3.63) is 35.0 Å². The van der Waals surface area contributed by atoms with Gasteiger partial charge in [-0.1, -0.05) is 0 Å². The number of piperidine rings is 1. The largest absolute Gasteiger partial charge is 0.340 e. The summed E-state index contributed by atoms with van der Waals surface area (Å²) in [5.41, 5.74) is 0. The van der Waals surface area contributed by atoms with Crippen LogP contribution in [0.25, 0.3) is 0 Å². The van der Waals surface area contributed by atoms with Crippen LogP contribution < -0.4 is 0 Å². The molecule has 3 heterocycles. The third-order valence-corrected chi connectivity index (χ3v) is 4.37. The van der Waals surface area contributed by atoms with Crippen molar-refractivity contribution < 1.29 is 4.79 Å². The van der Waals surface area contributed by atoms with Crippen LogP contribution >= 0.6 is 11.3 Å². The number of hydrogen-bond donors (Lipinski definition) is 0. The van der Waals surface area contributed by atoms with E-state index in [9.17, 15) is 4.79 Å². The second kappa shape index (κ2) is 5.52. The van der Waals surface area contributed by atoms with Gasteiger partial charge >= 0.3 is 0 Å². The highest BCUT2D eigenvalue weighted by Crippen LogP contribution is 2.28. The molecule has 6 heteroatoms. The van der Waals surface area contributed by atoms with Gasteiger partial charge in [0.25, 0.3) is 0 Å². The average Bonchev–Trinajstić information content (AvgIpc) is 3.12. The molecule has 1 saturated heterocycles. The van der Waals surface area contributed by atoms with Gasteiger partial charge in [-0.05, 0) is 18.9 Å². The first-order chi connectivity index (χ1) is 9.33. The molecule has 0 aromatic carbocycles. The summed E-state index contributed by atoms with van der Waals surface area (Å²) in [4.78, 5) is 18.5. The van der Waals surface area contributed by atoms with Crippen LogP contribution in [-0.2, 0) is 11.3 Å². The van der Waals surface area contributed by atoms with Gasteiger partial charge in [0.2, 0.25) is 5.91 Å². The molecule has 0 bridgehead atoms. The molecule has 19 heavy (non-hydrogen) atoms. The lowest BCUT2D eigenvalue weighted by Gasteiger charge is -2.31. The third kappa shape index (κ3) is 2.84. The molecule has 5 nitrogen and oxygen atoms in total. The highest BCUT2D eigenvalue weighted by molar-refractivity contribution is 7.09. The molecular weight excluding hydrogens is 260 g/mol. The SMILES string of the molecule is O=C(Cn1cccn1)N1CCCC(c2nccs2)C1. The van der Waals surface area contributed by atoms with Crippen molar-refractivity contribution in [2.24, 2.45) is 0 Å². The predicted molar refractivity (Wildman–Crippen MR) is 72.9 cm³/mol. The smallest absolute Gasteiger partial charge is 0.244 e. The summed E-state index contributed by atoms with van der Waals surface area (Å²) in [7, 11) is 0. The van der Waals surface area contributed by atoms with Gasteiger partial charge in [-0.15, -0.1) is 11.3 Å². The molecule has 2 aromatic rings. The Balaban J connectivity index is 1.63. The summed E-state index contributed by atoms with van der Waals surface area (Å²) in [6, 6.07) is 1.84. The Bertz CT molecular complexity index is 523. The van der Waals surface area contributed by atoms with E-state index in [1.807, 2.05) is 28.7 Å². The van der Waals surface area contributed by atoms with Crippen LogP contribution in [0.15, 0.2) is 30.0 Å². The zero-order chi connectivity index (χ0) is 13.1. The minimum absolute atomic E-state index is 0.143. The summed E-state index contributed by atoms with van der Waals surface area (Å²) < 4.78 is 1.68. The van der Waals surface area contributed by atoms with Crippen molar-refractivity contribution in [1.82, 2.24) is 19.7 Å². The molecule has 1 atom stereocenters. The quantitative estimate of drug-likeness (QED) is 0.858. The normalized spacial score (nSPS) is 19.6. The Hall–Kier alpha value is -1.69. The standard InChI is InChI=1S/C13H16N4OS/c18-12(10-17-7-2-4-15-17)16-6-1-3-11(9-16)13-14-5-8-19-13/h2,4-5,7-8,11H,1,3,6,9-10H2. The Morgan fingerprint density at radius 3 is 3.16 bits per heavy atom. The molecule has 0 radical (unpaired) electrons. The van der Waals surface area contributed by atoms with Crippen LogP contribution in [-0.4, -0.2) is 38.7 Å². The molecule has 1 aliphatic rings. The molecule has 1 fully saturated rings. The van der Waals surface area contributed by atoms with E-state index in [4.69, 9.17) is 0 Å². The summed E-state index contributed by atoms with van der Waals surface area (Å²) in [6.07, 6.45) is 7.53. The van der Waals surface area contributed by atoms with E-state index in [0.717, 1.165) is 30.9 Å². The maximum atomic E-state index is 12.2. The molecule has 100 valence electrons. The number of likely N-dealkylation sites (tertiary alicyclic amines) is 1. The minimum Gasteiger partial charge on any atom is -0.340 e. The number of nitrogens with zero attached hydrogens (tertiary/aromatic N) is 4. The zero-order valence-electron chi connectivity index (χ0n) is 10.6. The van der Waals surface area contributed by atoms with Crippen LogP contribution in [0.4, 0.5) is 0 Å². The highest BCUT2D eigenvalue weighted by atomic mass is 32.1. The molecular formula is C13H16N4OS. The van der Waals surface area contributed by atoms with Crippen molar-refractivity contribution in [3.8, 4) is 0 Å². The Labute approximate surface area is 115 Å². The van der Waals surface area contributed by atoms with Crippen molar-refractivity contribution in [2.45, 2.75) is 25.3 Å². The summed E-state index contributed by atoms with van der Waals surface area (Å²) >= 11 is 1.68. The maximum Gasteiger partial charge on any atom is 0.244 e. The lowest BCUT2D eigenvalue weighted by atomic mass is 9.99.